The van der Waals surface area contributed by atoms with Gasteiger partial charge in [-0.25, -0.2) is 28.0 Å². The van der Waals surface area contributed by atoms with Gasteiger partial charge in [0.25, 0.3) is 10.0 Å². The number of hydrazine groups is 1. The number of aryl methyl sites for hydroxylation is 1. The standard InChI is InChI=1S/C22H20F2N4O4S/c23-16-9-15(7-8-21(29)30)22(20(24)11-16)14-3-1-5-18(10-14)28-33(31,32)19-6-2-4-17(12-19)26-13-27-25/h1-6,9-13,28H,7-8,25H2,(H,26,27)(H,29,30). The van der Waals surface area contributed by atoms with E-state index >= 15 is 0 Å². The quantitative estimate of drug-likeness (QED) is 0.162. The second-order valence-electron chi connectivity index (χ2n) is 6.92. The van der Waals surface area contributed by atoms with Gasteiger partial charge in [-0.15, -0.1) is 0 Å². The Balaban J connectivity index is 1.95. The van der Waals surface area contributed by atoms with Crippen molar-refractivity contribution in [1.82, 2.24) is 5.43 Å². The largest absolute Gasteiger partial charge is 0.481 e. The minimum Gasteiger partial charge on any atom is -0.481 e. The summed E-state index contributed by atoms with van der Waals surface area (Å²) in [7, 11) is -4.02. The molecule has 33 heavy (non-hydrogen) atoms. The van der Waals surface area contributed by atoms with Crippen molar-refractivity contribution in [3.05, 3.63) is 77.9 Å². The number of hydrogen-bond donors (Lipinski definition) is 4. The molecule has 0 aromatic heterocycles. The molecular formula is C22H20F2N4O4S. The van der Waals surface area contributed by atoms with Crippen LogP contribution in [0.4, 0.5) is 20.2 Å². The Morgan fingerprint density at radius 2 is 1.85 bits per heavy atom. The molecule has 0 heterocycles. The number of carbonyl (C=O) groups is 1. The first-order chi connectivity index (χ1) is 15.7. The van der Waals surface area contributed by atoms with E-state index in [-0.39, 0.29) is 40.1 Å². The molecule has 8 nitrogen and oxygen atoms in total. The Hall–Kier alpha value is -3.83. The monoisotopic (exact) mass is 474 g/mol. The molecule has 0 radical (unpaired) electrons. The SMILES string of the molecule is NNC=Nc1cccc(S(=O)(=O)Nc2cccc(-c3c(F)cc(F)cc3CCC(=O)O)c2)c1. The molecular weight excluding hydrogens is 454 g/mol. The first-order valence-electron chi connectivity index (χ1n) is 9.61. The fourth-order valence-electron chi connectivity index (χ4n) is 3.18. The molecule has 0 bridgehead atoms. The van der Waals surface area contributed by atoms with Gasteiger partial charge in [-0.2, -0.15) is 0 Å². The highest BCUT2D eigenvalue weighted by Gasteiger charge is 2.18. The van der Waals surface area contributed by atoms with Crippen molar-refractivity contribution in [2.45, 2.75) is 17.7 Å². The van der Waals surface area contributed by atoms with Crippen molar-refractivity contribution in [2.75, 3.05) is 4.72 Å². The van der Waals surface area contributed by atoms with Crippen molar-refractivity contribution in [3.63, 3.8) is 0 Å². The summed E-state index contributed by atoms with van der Waals surface area (Å²) in [5.41, 5.74) is 3.13. The molecule has 0 saturated heterocycles. The van der Waals surface area contributed by atoms with Crippen molar-refractivity contribution >= 4 is 33.7 Å². The molecule has 172 valence electrons. The van der Waals surface area contributed by atoms with E-state index < -0.39 is 27.6 Å². The maximum atomic E-state index is 14.6. The third-order valence-electron chi connectivity index (χ3n) is 4.56. The number of hydrogen-bond acceptors (Lipinski definition) is 5. The average molecular weight is 474 g/mol. The number of nitrogens with zero attached hydrogens (tertiary/aromatic N) is 1. The molecule has 0 aliphatic heterocycles. The van der Waals surface area contributed by atoms with E-state index in [1.54, 1.807) is 6.07 Å². The van der Waals surface area contributed by atoms with Crippen LogP contribution < -0.4 is 16.0 Å². The summed E-state index contributed by atoms with van der Waals surface area (Å²) in [6.07, 6.45) is 0.781. The summed E-state index contributed by atoms with van der Waals surface area (Å²) in [5, 5.41) is 8.94. The van der Waals surface area contributed by atoms with Gasteiger partial charge in [0.2, 0.25) is 0 Å². The molecule has 0 fully saturated rings. The molecule has 5 N–H and O–H groups in total. The lowest BCUT2D eigenvalue weighted by molar-refractivity contribution is -0.136. The maximum Gasteiger partial charge on any atom is 0.303 e. The second-order valence-corrected chi connectivity index (χ2v) is 8.61. The third-order valence-corrected chi connectivity index (χ3v) is 5.94. The van der Waals surface area contributed by atoms with Crippen LogP contribution in [0.1, 0.15) is 12.0 Å². The predicted octanol–water partition coefficient (Wildman–Crippen LogP) is 3.57. The van der Waals surface area contributed by atoms with E-state index in [9.17, 15) is 22.0 Å². The number of sulfonamides is 1. The Morgan fingerprint density at radius 3 is 2.58 bits per heavy atom. The van der Waals surface area contributed by atoms with Crippen LogP contribution in [-0.2, 0) is 21.2 Å². The van der Waals surface area contributed by atoms with E-state index in [1.807, 2.05) is 0 Å². The number of benzene rings is 3. The average Bonchev–Trinajstić information content (AvgIpc) is 2.76. The van der Waals surface area contributed by atoms with E-state index in [1.165, 1.54) is 48.8 Å². The normalized spacial score (nSPS) is 11.5. The fourth-order valence-corrected chi connectivity index (χ4v) is 4.27. The highest BCUT2D eigenvalue weighted by molar-refractivity contribution is 7.92. The van der Waals surface area contributed by atoms with Crippen LogP contribution in [-0.4, -0.2) is 25.8 Å². The lowest BCUT2D eigenvalue weighted by Gasteiger charge is -2.13. The number of carboxylic acid groups (broad SMARTS) is 1. The highest BCUT2D eigenvalue weighted by Crippen LogP contribution is 2.31. The number of nitrogens with one attached hydrogen (secondary N) is 2. The van der Waals surface area contributed by atoms with Crippen LogP contribution in [0.25, 0.3) is 11.1 Å². The van der Waals surface area contributed by atoms with Crippen LogP contribution in [0.2, 0.25) is 0 Å². The fraction of sp³-hybridized carbons (Fsp3) is 0.0909. The Kier molecular flexibility index (Phi) is 7.36. The van der Waals surface area contributed by atoms with Crippen molar-refractivity contribution in [3.8, 4) is 11.1 Å². The maximum absolute atomic E-state index is 14.6. The topological polar surface area (TPSA) is 134 Å². The number of carboxylic acids is 1. The molecule has 0 aliphatic rings. The summed E-state index contributed by atoms with van der Waals surface area (Å²) in [6.45, 7) is 0. The number of rotatable bonds is 9. The molecule has 0 aliphatic carbocycles. The molecule has 3 aromatic carbocycles. The number of anilines is 1. The van der Waals surface area contributed by atoms with E-state index in [0.717, 1.165) is 6.07 Å². The van der Waals surface area contributed by atoms with Gasteiger partial charge in [0, 0.05) is 23.7 Å². The summed E-state index contributed by atoms with van der Waals surface area (Å²) in [5.74, 6) is 2.30. The summed E-state index contributed by atoms with van der Waals surface area (Å²) >= 11 is 0. The Labute approximate surface area is 188 Å². The van der Waals surface area contributed by atoms with Crippen molar-refractivity contribution in [2.24, 2.45) is 10.8 Å². The number of nitrogens with two attached hydrogens (primary N) is 1. The molecule has 3 rings (SSSR count). The lowest BCUT2D eigenvalue weighted by Crippen LogP contribution is -2.18. The van der Waals surface area contributed by atoms with Gasteiger partial charge in [0.15, 0.2) is 0 Å². The summed E-state index contributed by atoms with van der Waals surface area (Å²) in [6, 6.07) is 13.5. The van der Waals surface area contributed by atoms with Gasteiger partial charge in [-0.1, -0.05) is 18.2 Å². The summed E-state index contributed by atoms with van der Waals surface area (Å²) in [4.78, 5) is 14.8. The van der Waals surface area contributed by atoms with Crippen molar-refractivity contribution < 1.29 is 27.1 Å². The van der Waals surface area contributed by atoms with E-state index in [0.29, 0.717) is 11.8 Å². The zero-order valence-electron chi connectivity index (χ0n) is 17.1. The molecule has 11 heteroatoms. The van der Waals surface area contributed by atoms with E-state index in [4.69, 9.17) is 10.9 Å². The van der Waals surface area contributed by atoms with Gasteiger partial charge in [0.05, 0.1) is 10.6 Å². The van der Waals surface area contributed by atoms with E-state index in [2.05, 4.69) is 15.1 Å². The third kappa shape index (κ3) is 6.11. The van der Waals surface area contributed by atoms with Crippen LogP contribution in [0.3, 0.4) is 0 Å². The van der Waals surface area contributed by atoms with Crippen molar-refractivity contribution in [1.29, 1.82) is 0 Å². The van der Waals surface area contributed by atoms with Crippen LogP contribution in [0, 0.1) is 11.6 Å². The molecule has 0 amide bonds. The highest BCUT2D eigenvalue weighted by atomic mass is 32.2. The minimum absolute atomic E-state index is 0.00400. The first-order valence-corrected chi connectivity index (χ1v) is 11.1. The Morgan fingerprint density at radius 1 is 1.09 bits per heavy atom. The Bertz CT molecular complexity index is 1310. The number of aliphatic imine (C=N–C) groups is 1. The zero-order valence-corrected chi connectivity index (χ0v) is 17.9. The zero-order chi connectivity index (χ0) is 24.0. The van der Waals surface area contributed by atoms with Gasteiger partial charge in [-0.05, 0) is 53.9 Å². The first kappa shape index (κ1) is 23.8. The smallest absolute Gasteiger partial charge is 0.303 e. The summed E-state index contributed by atoms with van der Waals surface area (Å²) < 4.78 is 56.5. The second kappa shape index (κ2) is 10.2. The predicted molar refractivity (Wildman–Crippen MR) is 120 cm³/mol. The van der Waals surface area contributed by atoms with Gasteiger partial charge < -0.3 is 10.5 Å². The lowest BCUT2D eigenvalue weighted by atomic mass is 9.95. The van der Waals surface area contributed by atoms with Crippen LogP contribution >= 0.6 is 0 Å². The molecule has 0 atom stereocenters. The number of aliphatic carboxylic acids is 1. The van der Waals surface area contributed by atoms with Gasteiger partial charge >= 0.3 is 5.97 Å². The molecule has 3 aromatic rings. The van der Waals surface area contributed by atoms with Gasteiger partial charge in [0.1, 0.15) is 18.0 Å². The molecule has 0 unspecified atom stereocenters. The molecule has 0 spiro atoms. The van der Waals surface area contributed by atoms with Crippen LogP contribution in [0.15, 0.2) is 70.6 Å². The number of halogens is 2. The molecule has 0 saturated carbocycles. The van der Waals surface area contributed by atoms with Crippen LogP contribution in [0.5, 0.6) is 0 Å². The minimum atomic E-state index is -4.02. The van der Waals surface area contributed by atoms with Gasteiger partial charge in [-0.3, -0.25) is 9.52 Å².